The molecule has 1 aliphatic heterocycles. The van der Waals surface area contributed by atoms with Gasteiger partial charge in [0.15, 0.2) is 5.78 Å². The number of carbonyl (C=O) groups is 3. The number of piperidine rings is 1. The van der Waals surface area contributed by atoms with Gasteiger partial charge in [-0.05, 0) is 55.4 Å². The van der Waals surface area contributed by atoms with Gasteiger partial charge in [0.25, 0.3) is 0 Å². The quantitative estimate of drug-likeness (QED) is 0.354. The number of likely N-dealkylation sites (tertiary alicyclic amines) is 1. The molecule has 2 aromatic heterocycles. The van der Waals surface area contributed by atoms with Crippen LogP contribution >= 0.6 is 0 Å². The van der Waals surface area contributed by atoms with Gasteiger partial charge in [-0.3, -0.25) is 19.1 Å². The van der Waals surface area contributed by atoms with Gasteiger partial charge in [0, 0.05) is 36.3 Å². The number of amides is 2. The SMILES string of the molecule is CC(=O)c1nn(CC(=O)N2C3C[C@]3(C)C[C@H]2C(=O)N[C@H](C)c2ccccc2)c2ccc(-c3cnc(C)nc3)cc12. The van der Waals surface area contributed by atoms with Gasteiger partial charge in [-0.1, -0.05) is 43.3 Å². The molecular weight excluding hydrogens is 504 g/mol. The van der Waals surface area contributed by atoms with Crippen molar-refractivity contribution in [2.75, 3.05) is 0 Å². The van der Waals surface area contributed by atoms with Crippen LogP contribution in [0.25, 0.3) is 22.0 Å². The molecule has 204 valence electrons. The molecule has 40 heavy (non-hydrogen) atoms. The summed E-state index contributed by atoms with van der Waals surface area (Å²) < 4.78 is 1.59. The highest BCUT2D eigenvalue weighted by Gasteiger charge is 2.64. The Morgan fingerprint density at radius 1 is 1.05 bits per heavy atom. The predicted octanol–water partition coefficient (Wildman–Crippen LogP) is 4.26. The summed E-state index contributed by atoms with van der Waals surface area (Å²) in [6.45, 7) is 7.33. The third-order valence-corrected chi connectivity index (χ3v) is 8.37. The molecule has 1 saturated carbocycles. The second kappa shape index (κ2) is 9.66. The standard InChI is InChI=1S/C31H32N6O3/c1-18(21-8-6-5-7-9-21)34-30(40)26-13-31(4)14-27(31)37(26)28(39)17-36-25-11-10-22(23-15-32-20(3)33-16-23)12-24(25)29(35-36)19(2)38/h5-12,15-16,18,26-27H,13-14,17H2,1-4H3,(H,34,40)/t18-,26+,27?,31+/m1/s1. The van der Waals surface area contributed by atoms with E-state index in [0.29, 0.717) is 28.8 Å². The van der Waals surface area contributed by atoms with Crippen molar-refractivity contribution in [3.8, 4) is 11.1 Å². The van der Waals surface area contributed by atoms with Crippen LogP contribution in [0.4, 0.5) is 0 Å². The molecule has 2 aromatic carbocycles. The molecular formula is C31H32N6O3. The minimum absolute atomic E-state index is 0.0324. The van der Waals surface area contributed by atoms with Gasteiger partial charge in [0.05, 0.1) is 11.6 Å². The van der Waals surface area contributed by atoms with Crippen molar-refractivity contribution in [3.05, 3.63) is 78.0 Å². The monoisotopic (exact) mass is 536 g/mol. The molecule has 0 spiro atoms. The van der Waals surface area contributed by atoms with Crippen molar-refractivity contribution in [1.82, 2.24) is 30.0 Å². The number of fused-ring (bicyclic) bond motifs is 2. The van der Waals surface area contributed by atoms with E-state index < -0.39 is 6.04 Å². The molecule has 1 N–H and O–H groups in total. The summed E-state index contributed by atoms with van der Waals surface area (Å²) in [5, 5.41) is 8.33. The zero-order chi connectivity index (χ0) is 28.2. The smallest absolute Gasteiger partial charge is 0.245 e. The maximum absolute atomic E-state index is 13.8. The minimum atomic E-state index is -0.537. The van der Waals surface area contributed by atoms with Crippen LogP contribution < -0.4 is 5.32 Å². The highest BCUT2D eigenvalue weighted by Crippen LogP contribution is 2.59. The number of nitrogens with one attached hydrogen (secondary N) is 1. The number of Topliss-reactive ketones (excluding diaryl/α,β-unsaturated/α-hetero) is 1. The van der Waals surface area contributed by atoms with Crippen LogP contribution in [0.15, 0.2) is 60.9 Å². The molecule has 9 nitrogen and oxygen atoms in total. The molecule has 3 heterocycles. The zero-order valence-corrected chi connectivity index (χ0v) is 23.1. The fraction of sp³-hybridized carbons (Fsp3) is 0.355. The van der Waals surface area contributed by atoms with E-state index in [1.54, 1.807) is 22.0 Å². The lowest BCUT2D eigenvalue weighted by atomic mass is 10.0. The summed E-state index contributed by atoms with van der Waals surface area (Å²) in [7, 11) is 0. The topological polar surface area (TPSA) is 110 Å². The third kappa shape index (κ3) is 4.55. The van der Waals surface area contributed by atoms with Crippen LogP contribution in [0.5, 0.6) is 0 Å². The van der Waals surface area contributed by atoms with E-state index in [1.807, 2.05) is 62.4 Å². The number of rotatable bonds is 7. The van der Waals surface area contributed by atoms with E-state index in [9.17, 15) is 14.4 Å². The van der Waals surface area contributed by atoms with Crippen molar-refractivity contribution < 1.29 is 14.4 Å². The Morgan fingerprint density at radius 2 is 1.77 bits per heavy atom. The van der Waals surface area contributed by atoms with E-state index in [0.717, 1.165) is 23.1 Å². The Kier molecular flexibility index (Phi) is 6.24. The highest BCUT2D eigenvalue weighted by atomic mass is 16.2. The molecule has 0 bridgehead atoms. The Labute approximate surface area is 232 Å². The average molecular weight is 537 g/mol. The van der Waals surface area contributed by atoms with Crippen LogP contribution in [-0.4, -0.2) is 54.3 Å². The maximum Gasteiger partial charge on any atom is 0.245 e. The normalized spacial score (nSPS) is 22.1. The molecule has 9 heteroatoms. The van der Waals surface area contributed by atoms with Crippen molar-refractivity contribution in [1.29, 1.82) is 0 Å². The first kappa shape index (κ1) is 25.9. The Balaban J connectivity index is 1.26. The van der Waals surface area contributed by atoms with Crippen molar-refractivity contribution >= 4 is 28.5 Å². The van der Waals surface area contributed by atoms with E-state index in [-0.39, 0.29) is 41.6 Å². The van der Waals surface area contributed by atoms with Crippen molar-refractivity contribution in [3.63, 3.8) is 0 Å². The molecule has 2 aliphatic rings. The molecule has 1 unspecified atom stereocenters. The summed E-state index contributed by atoms with van der Waals surface area (Å²) >= 11 is 0. The van der Waals surface area contributed by atoms with Gasteiger partial charge >= 0.3 is 0 Å². The number of ketones is 1. The molecule has 4 atom stereocenters. The first-order valence-corrected chi connectivity index (χ1v) is 13.6. The van der Waals surface area contributed by atoms with Gasteiger partial charge in [-0.2, -0.15) is 5.10 Å². The van der Waals surface area contributed by atoms with Crippen LogP contribution in [0.3, 0.4) is 0 Å². The van der Waals surface area contributed by atoms with Gasteiger partial charge in [-0.25, -0.2) is 9.97 Å². The Bertz CT molecular complexity index is 1630. The lowest BCUT2D eigenvalue weighted by molar-refractivity contribution is -0.140. The van der Waals surface area contributed by atoms with Crippen LogP contribution in [0.1, 0.15) is 61.5 Å². The predicted molar refractivity (Wildman–Crippen MR) is 150 cm³/mol. The summed E-state index contributed by atoms with van der Waals surface area (Å²) in [5.74, 6) is 0.180. The van der Waals surface area contributed by atoms with Crippen LogP contribution in [0, 0.1) is 12.3 Å². The third-order valence-electron chi connectivity index (χ3n) is 8.37. The lowest BCUT2D eigenvalue weighted by Gasteiger charge is -2.28. The van der Waals surface area contributed by atoms with E-state index >= 15 is 0 Å². The fourth-order valence-electron chi connectivity index (χ4n) is 5.99. The number of aryl methyl sites for hydroxylation is 1. The number of carbonyl (C=O) groups excluding carboxylic acids is 3. The second-order valence-corrected chi connectivity index (χ2v) is 11.3. The number of hydrogen-bond acceptors (Lipinski definition) is 6. The first-order valence-electron chi connectivity index (χ1n) is 13.6. The lowest BCUT2D eigenvalue weighted by Crippen LogP contribution is -2.49. The molecule has 2 fully saturated rings. The van der Waals surface area contributed by atoms with E-state index in [4.69, 9.17) is 0 Å². The zero-order valence-electron chi connectivity index (χ0n) is 23.1. The molecule has 1 aliphatic carbocycles. The highest BCUT2D eigenvalue weighted by molar-refractivity contribution is 6.06. The van der Waals surface area contributed by atoms with Crippen molar-refractivity contribution in [2.24, 2.45) is 5.41 Å². The summed E-state index contributed by atoms with van der Waals surface area (Å²) in [4.78, 5) is 50.0. The van der Waals surface area contributed by atoms with Crippen LogP contribution in [-0.2, 0) is 16.1 Å². The molecule has 2 amide bonds. The Morgan fingerprint density at radius 3 is 2.48 bits per heavy atom. The number of nitrogens with zero attached hydrogens (tertiary/aromatic N) is 5. The molecule has 1 saturated heterocycles. The first-order chi connectivity index (χ1) is 19.1. The van der Waals surface area contributed by atoms with E-state index in [2.05, 4.69) is 27.3 Å². The molecule has 0 radical (unpaired) electrons. The van der Waals surface area contributed by atoms with Crippen molar-refractivity contribution in [2.45, 2.75) is 65.2 Å². The largest absolute Gasteiger partial charge is 0.348 e. The van der Waals surface area contributed by atoms with Gasteiger partial charge < -0.3 is 10.2 Å². The second-order valence-electron chi connectivity index (χ2n) is 11.3. The van der Waals surface area contributed by atoms with Crippen LogP contribution in [0.2, 0.25) is 0 Å². The number of hydrogen-bond donors (Lipinski definition) is 1. The average Bonchev–Trinajstić information content (AvgIpc) is 3.31. The maximum atomic E-state index is 13.8. The Hall–Kier alpha value is -4.40. The molecule has 6 rings (SSSR count). The van der Waals surface area contributed by atoms with Gasteiger partial charge in [0.1, 0.15) is 24.1 Å². The number of benzene rings is 2. The van der Waals surface area contributed by atoms with E-state index in [1.165, 1.54) is 6.92 Å². The van der Waals surface area contributed by atoms with Gasteiger partial charge in [-0.15, -0.1) is 0 Å². The summed E-state index contributed by atoms with van der Waals surface area (Å²) in [5.41, 5.74) is 3.65. The van der Waals surface area contributed by atoms with Gasteiger partial charge in [0.2, 0.25) is 11.8 Å². The molecule has 4 aromatic rings. The summed E-state index contributed by atoms with van der Waals surface area (Å²) in [6.07, 6.45) is 5.01. The summed E-state index contributed by atoms with van der Waals surface area (Å²) in [6, 6.07) is 14.8. The number of aromatic nitrogens is 4. The fourth-order valence-corrected chi connectivity index (χ4v) is 5.99. The minimum Gasteiger partial charge on any atom is -0.348 e.